The van der Waals surface area contributed by atoms with Crippen molar-refractivity contribution in [3.8, 4) is 0 Å². The normalized spacial score (nSPS) is 13.7. The minimum Gasteiger partial charge on any atom is -0.371 e. The third kappa shape index (κ3) is 7.55. The predicted molar refractivity (Wildman–Crippen MR) is 171 cm³/mol. The van der Waals surface area contributed by atoms with Gasteiger partial charge in [0.1, 0.15) is 11.6 Å². The molecule has 0 bridgehead atoms. The average Bonchev–Trinajstić information content (AvgIpc) is 3.04. The van der Waals surface area contributed by atoms with Gasteiger partial charge < -0.3 is 15.8 Å². The Morgan fingerprint density at radius 2 is 1.26 bits per heavy atom. The van der Waals surface area contributed by atoms with Gasteiger partial charge in [-0.15, -0.1) is 0 Å². The van der Waals surface area contributed by atoms with Gasteiger partial charge in [0.2, 0.25) is 5.91 Å². The predicted octanol–water partition coefficient (Wildman–Crippen LogP) is 4.98. The van der Waals surface area contributed by atoms with Crippen LogP contribution in [0.4, 0.5) is 0 Å². The lowest BCUT2D eigenvalue weighted by molar-refractivity contribution is -0.136. The molecule has 0 aliphatic heterocycles. The molecule has 0 unspecified atom stereocenters. The molecule has 0 saturated carbocycles. The fourth-order valence-electron chi connectivity index (χ4n) is 5.05. The fraction of sp³-hybridized carbons (Fsp3) is 0.257. The first-order valence-corrected chi connectivity index (χ1v) is 14.7. The highest BCUT2D eigenvalue weighted by molar-refractivity contribution is 7.80. The van der Waals surface area contributed by atoms with Crippen LogP contribution in [0.3, 0.4) is 0 Å². The Morgan fingerprint density at radius 1 is 0.810 bits per heavy atom. The zero-order valence-corrected chi connectivity index (χ0v) is 25.0. The monoisotopic (exact) mass is 581 g/mol. The van der Waals surface area contributed by atoms with Crippen molar-refractivity contribution >= 4 is 24.3 Å². The van der Waals surface area contributed by atoms with E-state index in [1.54, 1.807) is 6.92 Å². The number of amides is 1. The molecule has 218 valence electrons. The fourth-order valence-corrected chi connectivity index (χ4v) is 5.49. The van der Waals surface area contributed by atoms with E-state index in [0.717, 1.165) is 11.1 Å². The van der Waals surface area contributed by atoms with Crippen LogP contribution >= 0.6 is 12.6 Å². The number of Topliss-reactive ketones (excluding diaryl/α,β-unsaturated/α-hetero) is 1. The van der Waals surface area contributed by atoms with Gasteiger partial charge in [-0.1, -0.05) is 121 Å². The molecule has 0 saturated heterocycles. The van der Waals surface area contributed by atoms with E-state index in [1.807, 2.05) is 133 Å². The van der Waals surface area contributed by atoms with E-state index in [2.05, 4.69) is 17.9 Å². The highest BCUT2D eigenvalue weighted by atomic mass is 32.1. The van der Waals surface area contributed by atoms with Gasteiger partial charge >= 0.3 is 0 Å². The second-order valence-electron chi connectivity index (χ2n) is 10.5. The largest absolute Gasteiger partial charge is 0.371 e. The summed E-state index contributed by atoms with van der Waals surface area (Å²) in [7, 11) is 1.88. The number of ketones is 1. The Morgan fingerprint density at radius 3 is 1.74 bits per heavy atom. The van der Waals surface area contributed by atoms with Crippen molar-refractivity contribution in [2.45, 2.75) is 43.8 Å². The smallest absolute Gasteiger partial charge is 0.238 e. The third-order valence-electron chi connectivity index (χ3n) is 7.53. The summed E-state index contributed by atoms with van der Waals surface area (Å²) in [6.45, 7) is 2.62. The zero-order valence-electron chi connectivity index (χ0n) is 24.1. The molecule has 1 amide bonds. The molecule has 4 rings (SSSR count). The average molecular weight is 582 g/mol. The van der Waals surface area contributed by atoms with Crippen LogP contribution in [-0.2, 0) is 33.0 Å². The molecule has 0 spiro atoms. The quantitative estimate of drug-likeness (QED) is 0.183. The highest BCUT2D eigenvalue weighted by Gasteiger charge is 2.45. The first-order chi connectivity index (χ1) is 20.3. The van der Waals surface area contributed by atoms with Crippen molar-refractivity contribution in [3.05, 3.63) is 144 Å². The van der Waals surface area contributed by atoms with Gasteiger partial charge in [0.15, 0.2) is 5.78 Å². The van der Waals surface area contributed by atoms with Gasteiger partial charge in [-0.05, 0) is 36.2 Å². The van der Waals surface area contributed by atoms with Crippen molar-refractivity contribution < 1.29 is 14.3 Å². The SMILES string of the molecule is C[C@@H](OCc1ccccc1)[C@H](NC(=O)[C@H](CS)N(C)Cc1ccccc1)C(=O)C(N)(c1ccccc1)c1ccccc1. The molecule has 6 nitrogen and oxygen atoms in total. The summed E-state index contributed by atoms with van der Waals surface area (Å²) in [5.74, 6) is -0.418. The number of rotatable bonds is 14. The standard InChI is InChI=1S/C35H39N3O3S/c1-26(41-24-28-17-9-4-10-18-28)32(37-34(40)31(25-42)38(2)23-27-15-7-3-8-16-27)33(39)35(36,29-19-11-5-12-20-29)30-21-13-6-14-22-30/h3-22,26,31-32,42H,23-25,36H2,1-2H3,(H,37,40)/t26-,31+,32+/m1/s1. The molecule has 3 N–H and O–H groups in total. The van der Waals surface area contributed by atoms with Gasteiger partial charge in [0.25, 0.3) is 0 Å². The third-order valence-corrected chi connectivity index (χ3v) is 7.88. The number of nitrogens with zero attached hydrogens (tertiary/aromatic N) is 1. The summed E-state index contributed by atoms with van der Waals surface area (Å²) < 4.78 is 6.22. The van der Waals surface area contributed by atoms with Gasteiger partial charge in [-0.2, -0.15) is 12.6 Å². The minimum atomic E-state index is -1.53. The van der Waals surface area contributed by atoms with Crippen LogP contribution in [0, 0.1) is 0 Å². The van der Waals surface area contributed by atoms with E-state index in [9.17, 15) is 9.59 Å². The number of ether oxygens (including phenoxy) is 1. The zero-order chi connectivity index (χ0) is 30.0. The van der Waals surface area contributed by atoms with Crippen LogP contribution in [0.15, 0.2) is 121 Å². The summed E-state index contributed by atoms with van der Waals surface area (Å²) in [5.41, 5.74) is 8.85. The molecule has 0 heterocycles. The molecule has 0 aliphatic rings. The molecule has 0 aliphatic carbocycles. The van der Waals surface area contributed by atoms with E-state index < -0.39 is 23.7 Å². The Labute approximate surface area is 254 Å². The Bertz CT molecular complexity index is 1370. The number of hydrogen-bond acceptors (Lipinski definition) is 6. The summed E-state index contributed by atoms with van der Waals surface area (Å²) in [6, 6.07) is 36.5. The number of hydrogen-bond donors (Lipinski definition) is 3. The second kappa shape index (κ2) is 14.9. The second-order valence-corrected chi connectivity index (χ2v) is 10.9. The Kier molecular flexibility index (Phi) is 11.1. The van der Waals surface area contributed by atoms with Crippen LogP contribution < -0.4 is 11.1 Å². The molecule has 4 aromatic rings. The van der Waals surface area contributed by atoms with Gasteiger partial charge in [-0.25, -0.2) is 0 Å². The molecule has 3 atom stereocenters. The number of carbonyl (C=O) groups excluding carboxylic acids is 2. The number of nitrogens with two attached hydrogens (primary N) is 1. The molecule has 0 radical (unpaired) electrons. The lowest BCUT2D eigenvalue weighted by Crippen LogP contribution is -2.61. The highest BCUT2D eigenvalue weighted by Crippen LogP contribution is 2.30. The van der Waals surface area contributed by atoms with Crippen LogP contribution in [0.5, 0.6) is 0 Å². The Hall–Kier alpha value is -3.75. The molecular formula is C35H39N3O3S. The van der Waals surface area contributed by atoms with Crippen molar-refractivity contribution in [1.29, 1.82) is 0 Å². The molecular weight excluding hydrogens is 542 g/mol. The van der Waals surface area contributed by atoms with Crippen LogP contribution in [0.1, 0.15) is 29.2 Å². The van der Waals surface area contributed by atoms with Crippen molar-refractivity contribution in [2.75, 3.05) is 12.8 Å². The van der Waals surface area contributed by atoms with Crippen LogP contribution in [0.25, 0.3) is 0 Å². The number of nitrogens with one attached hydrogen (secondary N) is 1. The lowest BCUT2D eigenvalue weighted by Gasteiger charge is -2.36. The van der Waals surface area contributed by atoms with Crippen LogP contribution in [0.2, 0.25) is 0 Å². The molecule has 4 aromatic carbocycles. The molecule has 42 heavy (non-hydrogen) atoms. The molecule has 0 aromatic heterocycles. The van der Waals surface area contributed by atoms with Crippen molar-refractivity contribution in [2.24, 2.45) is 5.73 Å². The van der Waals surface area contributed by atoms with Gasteiger partial charge in [-0.3, -0.25) is 14.5 Å². The van der Waals surface area contributed by atoms with E-state index in [1.165, 1.54) is 0 Å². The van der Waals surface area contributed by atoms with E-state index in [-0.39, 0.29) is 24.1 Å². The molecule has 7 heteroatoms. The van der Waals surface area contributed by atoms with E-state index in [4.69, 9.17) is 10.5 Å². The summed E-state index contributed by atoms with van der Waals surface area (Å²) in [5, 5.41) is 3.03. The summed E-state index contributed by atoms with van der Waals surface area (Å²) in [4.78, 5) is 30.5. The van der Waals surface area contributed by atoms with Crippen LogP contribution in [-0.4, -0.2) is 47.6 Å². The van der Waals surface area contributed by atoms with Gasteiger partial charge in [0.05, 0.1) is 18.8 Å². The number of likely N-dealkylation sites (N-methyl/N-ethyl adjacent to an activating group) is 1. The number of benzene rings is 4. The number of thiol groups is 1. The van der Waals surface area contributed by atoms with Crippen molar-refractivity contribution in [3.63, 3.8) is 0 Å². The summed E-state index contributed by atoms with van der Waals surface area (Å²) in [6.07, 6.45) is -0.683. The van der Waals surface area contributed by atoms with Crippen molar-refractivity contribution in [1.82, 2.24) is 10.2 Å². The topological polar surface area (TPSA) is 84.7 Å². The van der Waals surface area contributed by atoms with Gasteiger partial charge in [0, 0.05) is 12.3 Å². The maximum atomic E-state index is 14.7. The van der Waals surface area contributed by atoms with E-state index in [0.29, 0.717) is 17.7 Å². The number of carbonyl (C=O) groups is 2. The molecule has 0 fully saturated rings. The lowest BCUT2D eigenvalue weighted by atomic mass is 9.76. The Balaban J connectivity index is 1.66. The first-order valence-electron chi connectivity index (χ1n) is 14.1. The minimum absolute atomic E-state index is 0.264. The summed E-state index contributed by atoms with van der Waals surface area (Å²) >= 11 is 4.50. The van der Waals surface area contributed by atoms with E-state index >= 15 is 0 Å². The first kappa shape index (κ1) is 31.2. The maximum absolute atomic E-state index is 14.7. The maximum Gasteiger partial charge on any atom is 0.238 e.